The quantitative estimate of drug-likeness (QED) is 0.897. The summed E-state index contributed by atoms with van der Waals surface area (Å²) in [4.78, 5) is 0. The van der Waals surface area contributed by atoms with E-state index in [0.717, 1.165) is 0 Å². The summed E-state index contributed by atoms with van der Waals surface area (Å²) in [5.74, 6) is -0.731. The monoisotopic (exact) mass is 282 g/mol. The zero-order valence-electron chi connectivity index (χ0n) is 10.0. The molecule has 2 aromatic carbocycles. The van der Waals surface area contributed by atoms with E-state index in [2.05, 4.69) is 5.32 Å². The number of nitrogens with one attached hydrogen (secondary N) is 1. The summed E-state index contributed by atoms with van der Waals surface area (Å²) in [5.41, 5.74) is 7.04. The van der Waals surface area contributed by atoms with Gasteiger partial charge >= 0.3 is 0 Å². The molecule has 0 heterocycles. The molecule has 0 radical (unpaired) electrons. The minimum Gasteiger partial charge on any atom is -0.377 e. The zero-order valence-corrected chi connectivity index (χ0v) is 10.8. The summed E-state index contributed by atoms with van der Waals surface area (Å²) in [6.07, 6.45) is 0. The third-order valence-electron chi connectivity index (χ3n) is 2.71. The second-order valence-electron chi connectivity index (χ2n) is 4.14. The van der Waals surface area contributed by atoms with E-state index in [4.69, 9.17) is 17.3 Å². The lowest BCUT2D eigenvalue weighted by atomic mass is 10.1. The van der Waals surface area contributed by atoms with Gasteiger partial charge in [0.15, 0.2) is 0 Å². The van der Waals surface area contributed by atoms with Crippen LogP contribution in [0.1, 0.15) is 11.6 Å². The van der Waals surface area contributed by atoms with E-state index in [-0.39, 0.29) is 18.4 Å². The van der Waals surface area contributed by atoms with Crippen molar-refractivity contribution in [3.8, 4) is 0 Å². The molecule has 100 valence electrons. The fourth-order valence-corrected chi connectivity index (χ4v) is 2.03. The fourth-order valence-electron chi connectivity index (χ4n) is 1.80. The van der Waals surface area contributed by atoms with Gasteiger partial charge in [0.1, 0.15) is 11.6 Å². The molecule has 1 atom stereocenters. The fraction of sp³-hybridized carbons (Fsp3) is 0.143. The molecule has 19 heavy (non-hydrogen) atoms. The molecule has 0 fully saturated rings. The Kier molecular flexibility index (Phi) is 4.35. The van der Waals surface area contributed by atoms with Crippen LogP contribution >= 0.6 is 11.6 Å². The van der Waals surface area contributed by atoms with Crippen molar-refractivity contribution >= 4 is 17.3 Å². The SMILES string of the molecule is NCC(Nc1ccc(F)cc1)c1cc(F)cc(Cl)c1. The van der Waals surface area contributed by atoms with Gasteiger partial charge in [0.2, 0.25) is 0 Å². The lowest BCUT2D eigenvalue weighted by Crippen LogP contribution is -2.20. The van der Waals surface area contributed by atoms with Gasteiger partial charge in [-0.05, 0) is 48.0 Å². The Hall–Kier alpha value is -1.65. The van der Waals surface area contributed by atoms with E-state index in [1.54, 1.807) is 18.2 Å². The molecule has 0 spiro atoms. The molecule has 0 saturated carbocycles. The lowest BCUT2D eigenvalue weighted by molar-refractivity contribution is 0.622. The van der Waals surface area contributed by atoms with Gasteiger partial charge in [-0.1, -0.05) is 11.6 Å². The van der Waals surface area contributed by atoms with Gasteiger partial charge in [-0.25, -0.2) is 8.78 Å². The Balaban J connectivity index is 2.22. The van der Waals surface area contributed by atoms with Crippen LogP contribution in [-0.4, -0.2) is 6.54 Å². The third-order valence-corrected chi connectivity index (χ3v) is 2.93. The molecule has 0 bridgehead atoms. The molecule has 0 saturated heterocycles. The molecule has 2 aromatic rings. The van der Waals surface area contributed by atoms with Crippen LogP contribution in [0.2, 0.25) is 5.02 Å². The second kappa shape index (κ2) is 5.99. The van der Waals surface area contributed by atoms with Gasteiger partial charge < -0.3 is 11.1 Å². The van der Waals surface area contributed by atoms with Crippen molar-refractivity contribution in [3.63, 3.8) is 0 Å². The van der Waals surface area contributed by atoms with Crippen molar-refractivity contribution < 1.29 is 8.78 Å². The highest BCUT2D eigenvalue weighted by molar-refractivity contribution is 6.30. The third kappa shape index (κ3) is 3.66. The van der Waals surface area contributed by atoms with Crippen molar-refractivity contribution in [1.82, 2.24) is 0 Å². The molecule has 0 amide bonds. The van der Waals surface area contributed by atoms with Gasteiger partial charge in [0.05, 0.1) is 6.04 Å². The summed E-state index contributed by atoms with van der Waals surface area (Å²) >= 11 is 5.82. The Bertz CT molecular complexity index is 538. The standard InChI is InChI=1S/C14H13ClF2N2/c15-10-5-9(6-12(17)7-10)14(8-18)19-13-3-1-11(16)2-4-13/h1-7,14,19H,8,18H2. The average molecular weight is 283 g/mol. The first kappa shape index (κ1) is 13.8. The van der Waals surface area contributed by atoms with Crippen LogP contribution in [-0.2, 0) is 0 Å². The molecular weight excluding hydrogens is 270 g/mol. The van der Waals surface area contributed by atoms with E-state index in [1.165, 1.54) is 24.3 Å². The molecule has 0 aromatic heterocycles. The molecule has 0 aliphatic rings. The maximum atomic E-state index is 13.3. The largest absolute Gasteiger partial charge is 0.377 e. The first-order chi connectivity index (χ1) is 9.08. The van der Waals surface area contributed by atoms with Gasteiger partial charge in [-0.2, -0.15) is 0 Å². The van der Waals surface area contributed by atoms with Crippen molar-refractivity contribution in [2.45, 2.75) is 6.04 Å². The van der Waals surface area contributed by atoms with Crippen molar-refractivity contribution in [3.05, 3.63) is 64.7 Å². The highest BCUT2D eigenvalue weighted by Gasteiger charge is 2.11. The van der Waals surface area contributed by atoms with Crippen molar-refractivity contribution in [1.29, 1.82) is 0 Å². The molecule has 2 rings (SSSR count). The smallest absolute Gasteiger partial charge is 0.125 e. The Labute approximate surface area is 115 Å². The van der Waals surface area contributed by atoms with Gasteiger partial charge in [-0.15, -0.1) is 0 Å². The summed E-state index contributed by atoms with van der Waals surface area (Å²) < 4.78 is 26.1. The number of hydrogen-bond donors (Lipinski definition) is 2. The highest BCUT2D eigenvalue weighted by Crippen LogP contribution is 2.23. The van der Waals surface area contributed by atoms with Crippen LogP contribution in [0.15, 0.2) is 42.5 Å². The topological polar surface area (TPSA) is 38.0 Å². The van der Waals surface area contributed by atoms with Crippen LogP contribution in [0.4, 0.5) is 14.5 Å². The highest BCUT2D eigenvalue weighted by atomic mass is 35.5. The van der Waals surface area contributed by atoms with E-state index >= 15 is 0 Å². The Morgan fingerprint density at radius 1 is 1.05 bits per heavy atom. The maximum absolute atomic E-state index is 13.3. The van der Waals surface area contributed by atoms with E-state index in [1.807, 2.05) is 0 Å². The van der Waals surface area contributed by atoms with Crippen LogP contribution in [0.25, 0.3) is 0 Å². The molecule has 1 unspecified atom stereocenters. The number of nitrogens with two attached hydrogens (primary N) is 1. The van der Waals surface area contributed by atoms with Gasteiger partial charge in [0, 0.05) is 17.3 Å². The number of halogens is 3. The minimum atomic E-state index is -0.415. The second-order valence-corrected chi connectivity index (χ2v) is 4.58. The molecule has 5 heteroatoms. The number of benzene rings is 2. The average Bonchev–Trinajstić information content (AvgIpc) is 2.37. The predicted octanol–water partition coefficient (Wildman–Crippen LogP) is 3.73. The maximum Gasteiger partial charge on any atom is 0.125 e. The van der Waals surface area contributed by atoms with Gasteiger partial charge in [-0.3, -0.25) is 0 Å². The number of anilines is 1. The van der Waals surface area contributed by atoms with Crippen LogP contribution in [0, 0.1) is 11.6 Å². The van der Waals surface area contributed by atoms with Crippen molar-refractivity contribution in [2.24, 2.45) is 5.73 Å². The zero-order chi connectivity index (χ0) is 13.8. The number of hydrogen-bond acceptors (Lipinski definition) is 2. The van der Waals surface area contributed by atoms with E-state index in [9.17, 15) is 8.78 Å². The first-order valence-corrected chi connectivity index (χ1v) is 6.14. The molecule has 2 nitrogen and oxygen atoms in total. The summed E-state index contributed by atoms with van der Waals surface area (Å²) in [7, 11) is 0. The first-order valence-electron chi connectivity index (χ1n) is 5.76. The molecule has 3 N–H and O–H groups in total. The van der Waals surface area contributed by atoms with E-state index < -0.39 is 5.82 Å². The normalized spacial score (nSPS) is 12.2. The summed E-state index contributed by atoms with van der Waals surface area (Å²) in [6, 6.07) is 9.84. The van der Waals surface area contributed by atoms with Crippen LogP contribution < -0.4 is 11.1 Å². The molecule has 0 aliphatic heterocycles. The summed E-state index contributed by atoms with van der Waals surface area (Å²) in [5, 5.41) is 3.42. The van der Waals surface area contributed by atoms with Crippen LogP contribution in [0.5, 0.6) is 0 Å². The number of rotatable bonds is 4. The van der Waals surface area contributed by atoms with E-state index in [0.29, 0.717) is 16.3 Å². The predicted molar refractivity (Wildman–Crippen MR) is 73.2 cm³/mol. The van der Waals surface area contributed by atoms with Crippen LogP contribution in [0.3, 0.4) is 0 Å². The van der Waals surface area contributed by atoms with Gasteiger partial charge in [0.25, 0.3) is 0 Å². The Morgan fingerprint density at radius 3 is 2.32 bits per heavy atom. The lowest BCUT2D eigenvalue weighted by Gasteiger charge is -2.19. The molecular formula is C14H13ClF2N2. The molecule has 0 aliphatic carbocycles. The summed E-state index contributed by atoms with van der Waals surface area (Å²) in [6.45, 7) is 0.261. The minimum absolute atomic E-state index is 0.261. The Morgan fingerprint density at radius 2 is 1.74 bits per heavy atom. The van der Waals surface area contributed by atoms with Crippen molar-refractivity contribution in [2.75, 3.05) is 11.9 Å².